The molecule has 4 nitrogen and oxygen atoms in total. The number of rotatable bonds is 1. The topological polar surface area (TPSA) is 52.6 Å². The van der Waals surface area contributed by atoms with Gasteiger partial charge in [-0.3, -0.25) is 9.59 Å². The predicted octanol–water partition coefficient (Wildman–Crippen LogP) is 3.52. The maximum absolute atomic E-state index is 13.0. The molecule has 7 atom stereocenters. The van der Waals surface area contributed by atoms with E-state index in [4.69, 9.17) is 9.47 Å². The SMILES string of the molecule is CC(=O)O[C@H]1CC[C@@]2(C)[C@H](CC[C@@H]3[C@H]4OCC[C@@]4(C)CC[C@@H]32)C1=O. The summed E-state index contributed by atoms with van der Waals surface area (Å²) in [5.41, 5.74) is 0.410. The van der Waals surface area contributed by atoms with Gasteiger partial charge in [0.05, 0.1) is 6.10 Å². The molecule has 0 aromatic heterocycles. The monoisotopic (exact) mass is 334 g/mol. The number of esters is 1. The molecule has 4 aliphatic rings. The van der Waals surface area contributed by atoms with Crippen molar-refractivity contribution in [3.63, 3.8) is 0 Å². The molecular formula is C20H30O4. The van der Waals surface area contributed by atoms with Crippen LogP contribution in [-0.4, -0.2) is 30.6 Å². The molecule has 0 spiro atoms. The second kappa shape index (κ2) is 5.55. The van der Waals surface area contributed by atoms with Crippen LogP contribution in [0.15, 0.2) is 0 Å². The first kappa shape index (κ1) is 16.6. The molecule has 24 heavy (non-hydrogen) atoms. The third-order valence-electron chi connectivity index (χ3n) is 7.94. The summed E-state index contributed by atoms with van der Waals surface area (Å²) >= 11 is 0. The lowest BCUT2D eigenvalue weighted by molar-refractivity contribution is -0.175. The first-order chi connectivity index (χ1) is 11.3. The van der Waals surface area contributed by atoms with Crippen LogP contribution < -0.4 is 0 Å². The zero-order valence-electron chi connectivity index (χ0n) is 15.2. The molecule has 134 valence electrons. The predicted molar refractivity (Wildman–Crippen MR) is 89.3 cm³/mol. The van der Waals surface area contributed by atoms with Gasteiger partial charge in [-0.1, -0.05) is 13.8 Å². The van der Waals surface area contributed by atoms with Crippen LogP contribution in [0.2, 0.25) is 0 Å². The van der Waals surface area contributed by atoms with Crippen molar-refractivity contribution in [1.82, 2.24) is 0 Å². The standard InChI is InChI=1S/C20H30O4/c1-12(21)24-16-7-9-20(3)14-6-8-19(2)10-11-23-18(19)13(14)4-5-15(20)17(16)22/h13-16,18H,4-11H2,1-3H3/t13-,14-,15+,16-,18+,19+,20+/m0/s1. The van der Waals surface area contributed by atoms with Crippen LogP contribution in [0.5, 0.6) is 0 Å². The third-order valence-corrected chi connectivity index (χ3v) is 7.94. The molecule has 1 aliphatic heterocycles. The fourth-order valence-corrected chi connectivity index (χ4v) is 6.65. The Morgan fingerprint density at radius 3 is 2.67 bits per heavy atom. The highest BCUT2D eigenvalue weighted by molar-refractivity contribution is 5.89. The number of carbonyl (C=O) groups is 2. The quantitative estimate of drug-likeness (QED) is 0.689. The molecular weight excluding hydrogens is 304 g/mol. The Hall–Kier alpha value is -0.900. The Balaban J connectivity index is 1.58. The first-order valence-corrected chi connectivity index (χ1v) is 9.68. The first-order valence-electron chi connectivity index (χ1n) is 9.68. The van der Waals surface area contributed by atoms with E-state index >= 15 is 0 Å². The summed E-state index contributed by atoms with van der Waals surface area (Å²) in [7, 11) is 0. The number of Topliss-reactive ketones (excluding diaryl/α,β-unsaturated/α-hetero) is 1. The van der Waals surface area contributed by atoms with Crippen molar-refractivity contribution in [2.45, 2.75) is 77.9 Å². The molecule has 3 saturated carbocycles. The largest absolute Gasteiger partial charge is 0.455 e. The Labute approximate surface area is 144 Å². The van der Waals surface area contributed by atoms with Crippen LogP contribution in [-0.2, 0) is 19.1 Å². The van der Waals surface area contributed by atoms with Crippen LogP contribution in [0.4, 0.5) is 0 Å². The Morgan fingerprint density at radius 1 is 1.12 bits per heavy atom. The van der Waals surface area contributed by atoms with Crippen molar-refractivity contribution < 1.29 is 19.1 Å². The van der Waals surface area contributed by atoms with Crippen molar-refractivity contribution >= 4 is 11.8 Å². The summed E-state index contributed by atoms with van der Waals surface area (Å²) in [6.07, 6.45) is 7.22. The van der Waals surface area contributed by atoms with E-state index in [1.165, 1.54) is 26.2 Å². The van der Waals surface area contributed by atoms with Crippen LogP contribution >= 0.6 is 0 Å². The summed E-state index contributed by atoms with van der Waals surface area (Å²) in [5, 5.41) is 0. The van der Waals surface area contributed by atoms with Gasteiger partial charge in [0.15, 0.2) is 11.9 Å². The van der Waals surface area contributed by atoms with Crippen molar-refractivity contribution in [3.8, 4) is 0 Å². The maximum atomic E-state index is 13.0. The highest BCUT2D eigenvalue weighted by atomic mass is 16.5. The molecule has 0 bridgehead atoms. The van der Waals surface area contributed by atoms with Gasteiger partial charge >= 0.3 is 5.97 Å². The van der Waals surface area contributed by atoms with Crippen molar-refractivity contribution in [3.05, 3.63) is 0 Å². The van der Waals surface area contributed by atoms with Crippen molar-refractivity contribution in [2.75, 3.05) is 6.61 Å². The summed E-state index contributed by atoms with van der Waals surface area (Å²) in [4.78, 5) is 24.3. The van der Waals surface area contributed by atoms with E-state index in [-0.39, 0.29) is 23.1 Å². The molecule has 0 unspecified atom stereocenters. The summed E-state index contributed by atoms with van der Waals surface area (Å²) in [6.45, 7) is 7.03. The zero-order chi connectivity index (χ0) is 17.1. The van der Waals surface area contributed by atoms with E-state index in [9.17, 15) is 9.59 Å². The number of hydrogen-bond acceptors (Lipinski definition) is 4. The van der Waals surface area contributed by atoms with E-state index < -0.39 is 6.10 Å². The fourth-order valence-electron chi connectivity index (χ4n) is 6.65. The molecule has 4 rings (SSSR count). The van der Waals surface area contributed by atoms with Gasteiger partial charge in [-0.2, -0.15) is 0 Å². The normalized spacial score (nSPS) is 50.6. The van der Waals surface area contributed by atoms with Crippen molar-refractivity contribution in [1.29, 1.82) is 0 Å². The molecule has 1 heterocycles. The van der Waals surface area contributed by atoms with E-state index in [1.807, 2.05) is 0 Å². The molecule has 3 aliphatic carbocycles. The Bertz CT molecular complexity index is 558. The summed E-state index contributed by atoms with van der Waals surface area (Å²) in [5.74, 6) is 1.08. The van der Waals surface area contributed by atoms with Gasteiger partial charge < -0.3 is 9.47 Å². The molecule has 4 heteroatoms. The van der Waals surface area contributed by atoms with E-state index in [1.54, 1.807) is 0 Å². The number of hydrogen-bond donors (Lipinski definition) is 0. The van der Waals surface area contributed by atoms with Gasteiger partial charge in [0.25, 0.3) is 0 Å². The Morgan fingerprint density at radius 2 is 1.92 bits per heavy atom. The minimum Gasteiger partial charge on any atom is -0.455 e. The number of fused-ring (bicyclic) bond motifs is 5. The molecule has 0 N–H and O–H groups in total. The van der Waals surface area contributed by atoms with Gasteiger partial charge in [-0.25, -0.2) is 0 Å². The second-order valence-corrected chi connectivity index (χ2v) is 9.18. The molecule has 0 amide bonds. The van der Waals surface area contributed by atoms with Crippen LogP contribution in [0.25, 0.3) is 0 Å². The average molecular weight is 334 g/mol. The lowest BCUT2D eigenvalue weighted by Crippen LogP contribution is -2.58. The van der Waals surface area contributed by atoms with E-state index in [0.717, 1.165) is 25.9 Å². The molecule has 0 radical (unpaired) electrons. The average Bonchev–Trinajstić information content (AvgIpc) is 2.92. The molecule has 1 saturated heterocycles. The maximum Gasteiger partial charge on any atom is 0.303 e. The van der Waals surface area contributed by atoms with Gasteiger partial charge in [0, 0.05) is 19.4 Å². The van der Waals surface area contributed by atoms with E-state index in [2.05, 4.69) is 13.8 Å². The number of ether oxygens (including phenoxy) is 2. The van der Waals surface area contributed by atoms with Crippen LogP contribution in [0.1, 0.15) is 65.7 Å². The van der Waals surface area contributed by atoms with Gasteiger partial charge in [-0.05, 0) is 67.6 Å². The Kier molecular flexibility index (Phi) is 3.83. The van der Waals surface area contributed by atoms with Gasteiger partial charge in [0.2, 0.25) is 0 Å². The minimum absolute atomic E-state index is 0.0580. The number of ketones is 1. The second-order valence-electron chi connectivity index (χ2n) is 9.18. The smallest absolute Gasteiger partial charge is 0.303 e. The fraction of sp³-hybridized carbons (Fsp3) is 0.900. The highest BCUT2D eigenvalue weighted by Gasteiger charge is 2.61. The lowest BCUT2D eigenvalue weighted by Gasteiger charge is -2.59. The van der Waals surface area contributed by atoms with Crippen molar-refractivity contribution in [2.24, 2.45) is 28.6 Å². The van der Waals surface area contributed by atoms with Crippen LogP contribution in [0, 0.1) is 28.6 Å². The number of carbonyl (C=O) groups excluding carboxylic acids is 2. The highest BCUT2D eigenvalue weighted by Crippen LogP contribution is 2.62. The lowest BCUT2D eigenvalue weighted by atomic mass is 9.46. The molecule has 0 aromatic carbocycles. The van der Waals surface area contributed by atoms with Crippen LogP contribution in [0.3, 0.4) is 0 Å². The molecule has 0 aromatic rings. The zero-order valence-corrected chi connectivity index (χ0v) is 15.2. The molecule has 4 fully saturated rings. The minimum atomic E-state index is -0.506. The van der Waals surface area contributed by atoms with Gasteiger partial charge in [0.1, 0.15) is 0 Å². The van der Waals surface area contributed by atoms with Gasteiger partial charge in [-0.15, -0.1) is 0 Å². The van der Waals surface area contributed by atoms with E-state index in [0.29, 0.717) is 29.8 Å². The third kappa shape index (κ3) is 2.28. The summed E-state index contributed by atoms with van der Waals surface area (Å²) < 4.78 is 11.5. The summed E-state index contributed by atoms with van der Waals surface area (Å²) in [6, 6.07) is 0.